The molecule has 1 aliphatic carbocycles. The molecule has 0 aromatic heterocycles. The van der Waals surface area contributed by atoms with E-state index in [2.05, 4.69) is 16.5 Å². The summed E-state index contributed by atoms with van der Waals surface area (Å²) in [5, 5.41) is 0. The molecule has 0 spiro atoms. The molecule has 1 aromatic rings. The van der Waals surface area contributed by atoms with Crippen molar-refractivity contribution in [1.29, 1.82) is 0 Å². The molecule has 0 saturated heterocycles. The second-order valence-corrected chi connectivity index (χ2v) is 7.06. The minimum atomic E-state index is -1.16. The summed E-state index contributed by atoms with van der Waals surface area (Å²) < 4.78 is 15.5. The molecule has 0 bridgehead atoms. The largest absolute Gasteiger partial charge is 0.234 e. The summed E-state index contributed by atoms with van der Waals surface area (Å²) in [5.74, 6) is 0. The minimum Gasteiger partial charge on any atom is -0.234 e. The van der Waals surface area contributed by atoms with E-state index in [4.69, 9.17) is 0 Å². The van der Waals surface area contributed by atoms with Crippen LogP contribution >= 0.6 is 0 Å². The van der Waals surface area contributed by atoms with Crippen LogP contribution in [-0.2, 0) is 23.8 Å². The molecule has 0 saturated carbocycles. The van der Waals surface area contributed by atoms with Crippen molar-refractivity contribution in [3.05, 3.63) is 34.9 Å². The van der Waals surface area contributed by atoms with E-state index in [1.54, 1.807) is 6.21 Å². The molecule has 0 heterocycles. The minimum absolute atomic E-state index is 0.281. The van der Waals surface area contributed by atoms with E-state index in [0.717, 1.165) is 5.56 Å². The van der Waals surface area contributed by atoms with E-state index < -0.39 is 11.0 Å². The Morgan fingerprint density at radius 2 is 1.94 bits per heavy atom. The number of rotatable bonds is 2. The summed E-state index contributed by atoms with van der Waals surface area (Å²) in [5.41, 5.74) is 3.90. The van der Waals surface area contributed by atoms with Gasteiger partial charge in [-0.25, -0.2) is 4.21 Å². The molecule has 0 fully saturated rings. The molecule has 0 N–H and O–H groups in total. The highest BCUT2D eigenvalue weighted by Crippen LogP contribution is 2.23. The fourth-order valence-electron chi connectivity index (χ4n) is 1.56. The van der Waals surface area contributed by atoms with Gasteiger partial charge >= 0.3 is 0 Å². The fourth-order valence-corrected chi connectivity index (χ4v) is 2.10. The van der Waals surface area contributed by atoms with Gasteiger partial charge in [0.15, 0.2) is 0 Å². The third-order valence-corrected chi connectivity index (χ3v) is 4.06. The van der Waals surface area contributed by atoms with Crippen LogP contribution in [0.1, 0.15) is 37.5 Å². The summed E-state index contributed by atoms with van der Waals surface area (Å²) in [4.78, 5) is 0. The Hall–Kier alpha value is -0.960. The van der Waals surface area contributed by atoms with Gasteiger partial charge in [-0.2, -0.15) is 4.40 Å². The van der Waals surface area contributed by atoms with Gasteiger partial charge in [0, 0.05) is 6.21 Å². The Balaban J connectivity index is 2.12. The molecule has 1 unspecified atom stereocenters. The molecular formula is C13H17NOS. The average molecular weight is 235 g/mol. The Morgan fingerprint density at radius 3 is 2.44 bits per heavy atom. The van der Waals surface area contributed by atoms with Crippen molar-refractivity contribution in [2.45, 2.75) is 38.4 Å². The number of hydrogen-bond donors (Lipinski definition) is 0. The van der Waals surface area contributed by atoms with Crippen molar-refractivity contribution in [3.8, 4) is 0 Å². The first-order valence-corrected chi connectivity index (χ1v) is 6.65. The molecule has 86 valence electrons. The van der Waals surface area contributed by atoms with Crippen LogP contribution in [0.15, 0.2) is 22.6 Å². The molecule has 3 heteroatoms. The highest BCUT2D eigenvalue weighted by Gasteiger charge is 2.18. The molecule has 1 aromatic carbocycles. The monoisotopic (exact) mass is 235 g/mol. The van der Waals surface area contributed by atoms with Crippen molar-refractivity contribution >= 4 is 17.2 Å². The number of hydrogen-bond acceptors (Lipinski definition) is 1. The quantitative estimate of drug-likeness (QED) is 0.725. The van der Waals surface area contributed by atoms with Crippen molar-refractivity contribution < 1.29 is 4.21 Å². The molecule has 0 radical (unpaired) electrons. The highest BCUT2D eigenvalue weighted by atomic mass is 32.2. The number of benzene rings is 1. The van der Waals surface area contributed by atoms with Crippen molar-refractivity contribution in [1.82, 2.24) is 0 Å². The van der Waals surface area contributed by atoms with Gasteiger partial charge in [0.05, 0.1) is 4.75 Å². The second kappa shape index (κ2) is 4.13. The lowest BCUT2D eigenvalue weighted by Gasteiger charge is -2.18. The molecule has 2 rings (SSSR count). The van der Waals surface area contributed by atoms with Gasteiger partial charge in [-0.3, -0.25) is 0 Å². The number of fused-ring (bicyclic) bond motifs is 1. The van der Waals surface area contributed by atoms with E-state index in [-0.39, 0.29) is 4.75 Å². The molecule has 1 atom stereocenters. The first kappa shape index (κ1) is 11.5. The Labute approximate surface area is 99.4 Å². The van der Waals surface area contributed by atoms with Crippen molar-refractivity contribution in [2.75, 3.05) is 0 Å². The zero-order valence-corrected chi connectivity index (χ0v) is 10.8. The van der Waals surface area contributed by atoms with Crippen LogP contribution in [0.2, 0.25) is 0 Å². The molecule has 0 amide bonds. The van der Waals surface area contributed by atoms with E-state index in [0.29, 0.717) is 0 Å². The van der Waals surface area contributed by atoms with Gasteiger partial charge in [-0.05, 0) is 56.4 Å². The van der Waals surface area contributed by atoms with Crippen LogP contribution in [0.5, 0.6) is 0 Å². The predicted octanol–water partition coefficient (Wildman–Crippen LogP) is 2.67. The normalized spacial score (nSPS) is 16.9. The maximum absolute atomic E-state index is 11.7. The summed E-state index contributed by atoms with van der Waals surface area (Å²) in [7, 11) is -1.16. The molecular weight excluding hydrogens is 218 g/mol. The summed E-state index contributed by atoms with van der Waals surface area (Å²) in [6.45, 7) is 5.79. The summed E-state index contributed by atoms with van der Waals surface area (Å²) in [6.07, 6.45) is 4.08. The Morgan fingerprint density at radius 1 is 1.25 bits per heavy atom. The van der Waals surface area contributed by atoms with Crippen LogP contribution in [0.4, 0.5) is 0 Å². The lowest BCUT2D eigenvalue weighted by Crippen LogP contribution is -2.19. The standard InChI is InChI=1S/C13H17NOS/c1-13(2,3)16(15)14-9-10-4-5-11-6-7-12(11)8-10/h4-5,8-9H,6-7H2,1-3H3. The summed E-state index contributed by atoms with van der Waals surface area (Å²) >= 11 is 0. The first-order chi connectivity index (χ1) is 7.47. The topological polar surface area (TPSA) is 29.4 Å². The van der Waals surface area contributed by atoms with Crippen LogP contribution in [0.3, 0.4) is 0 Å². The summed E-state index contributed by atoms with van der Waals surface area (Å²) in [6, 6.07) is 6.32. The van der Waals surface area contributed by atoms with Crippen LogP contribution < -0.4 is 0 Å². The maximum Gasteiger partial charge on any atom is 0.144 e. The van der Waals surface area contributed by atoms with Gasteiger partial charge in [0.25, 0.3) is 0 Å². The number of nitrogens with zero attached hydrogens (tertiary/aromatic N) is 1. The van der Waals surface area contributed by atoms with E-state index in [1.165, 1.54) is 24.0 Å². The lowest BCUT2D eigenvalue weighted by molar-refractivity contribution is 0.651. The Kier molecular flexibility index (Phi) is 2.98. The zero-order valence-electron chi connectivity index (χ0n) is 9.99. The van der Waals surface area contributed by atoms with E-state index >= 15 is 0 Å². The van der Waals surface area contributed by atoms with E-state index in [9.17, 15) is 4.21 Å². The SMILES string of the molecule is CC(C)(C)S(=O)N=Cc1ccc2c(c1)CC2. The van der Waals surface area contributed by atoms with Crippen molar-refractivity contribution in [3.63, 3.8) is 0 Å². The van der Waals surface area contributed by atoms with Gasteiger partial charge in [0.2, 0.25) is 0 Å². The second-order valence-electron chi connectivity index (χ2n) is 5.12. The first-order valence-electron chi connectivity index (χ1n) is 5.55. The van der Waals surface area contributed by atoms with E-state index in [1.807, 2.05) is 26.8 Å². The van der Waals surface area contributed by atoms with Gasteiger partial charge < -0.3 is 0 Å². The fraction of sp³-hybridized carbons (Fsp3) is 0.462. The zero-order chi connectivity index (χ0) is 11.8. The molecule has 16 heavy (non-hydrogen) atoms. The van der Waals surface area contributed by atoms with Gasteiger partial charge in [-0.15, -0.1) is 0 Å². The van der Waals surface area contributed by atoms with Crippen LogP contribution in [0.25, 0.3) is 0 Å². The molecule has 1 aliphatic rings. The molecule has 0 aliphatic heterocycles. The third-order valence-electron chi connectivity index (χ3n) is 2.72. The maximum atomic E-state index is 11.7. The number of aryl methyl sites for hydroxylation is 2. The van der Waals surface area contributed by atoms with Gasteiger partial charge in [-0.1, -0.05) is 12.1 Å². The third kappa shape index (κ3) is 2.40. The van der Waals surface area contributed by atoms with Crippen molar-refractivity contribution in [2.24, 2.45) is 4.40 Å². The molecule has 2 nitrogen and oxygen atoms in total. The Bertz CT molecular complexity index is 457. The predicted molar refractivity (Wildman–Crippen MR) is 69.3 cm³/mol. The average Bonchev–Trinajstić information content (AvgIpc) is 2.16. The van der Waals surface area contributed by atoms with Crippen LogP contribution in [0, 0.1) is 0 Å². The highest BCUT2D eigenvalue weighted by molar-refractivity contribution is 7.85. The van der Waals surface area contributed by atoms with Gasteiger partial charge in [0.1, 0.15) is 11.0 Å². The van der Waals surface area contributed by atoms with Crippen LogP contribution in [-0.4, -0.2) is 15.2 Å². The lowest BCUT2D eigenvalue weighted by atomic mass is 9.87. The smallest absolute Gasteiger partial charge is 0.144 e.